The largest absolute Gasteiger partial charge is 0.417 e. The topological polar surface area (TPSA) is 38.9 Å². The molecule has 1 rings (SSSR count). The molecule has 1 atom stereocenters. The van der Waals surface area contributed by atoms with Crippen LogP contribution in [-0.4, -0.2) is 4.98 Å². The van der Waals surface area contributed by atoms with Gasteiger partial charge < -0.3 is 5.73 Å². The van der Waals surface area contributed by atoms with E-state index in [1.807, 2.05) is 0 Å². The fourth-order valence-corrected chi connectivity index (χ4v) is 1.52. The highest BCUT2D eigenvalue weighted by Crippen LogP contribution is 2.31. The predicted molar refractivity (Wildman–Crippen MR) is 49.5 cm³/mol. The summed E-state index contributed by atoms with van der Waals surface area (Å²) < 4.78 is 37.1. The molecule has 0 aliphatic carbocycles. The van der Waals surface area contributed by atoms with Crippen molar-refractivity contribution in [3.05, 3.63) is 28.0 Å². The molecule has 1 aromatic heterocycles. The van der Waals surface area contributed by atoms with Gasteiger partial charge in [-0.2, -0.15) is 13.2 Å². The van der Waals surface area contributed by atoms with Crippen LogP contribution >= 0.6 is 15.9 Å². The Kier molecular flexibility index (Phi) is 3.16. The summed E-state index contributed by atoms with van der Waals surface area (Å²) in [5, 5.41) is 0. The van der Waals surface area contributed by atoms with Crippen molar-refractivity contribution in [1.82, 2.24) is 4.98 Å². The molecule has 0 aromatic carbocycles. The molecule has 0 aliphatic heterocycles. The van der Waals surface area contributed by atoms with Crippen LogP contribution in [0.2, 0.25) is 0 Å². The van der Waals surface area contributed by atoms with E-state index in [4.69, 9.17) is 5.73 Å². The van der Waals surface area contributed by atoms with Crippen molar-refractivity contribution in [2.75, 3.05) is 0 Å². The lowest BCUT2D eigenvalue weighted by atomic mass is 10.1. The first-order valence-electron chi connectivity index (χ1n) is 3.80. The van der Waals surface area contributed by atoms with E-state index >= 15 is 0 Å². The lowest BCUT2D eigenvalue weighted by Gasteiger charge is -2.11. The van der Waals surface area contributed by atoms with Crippen molar-refractivity contribution in [3.8, 4) is 0 Å². The molecule has 0 saturated heterocycles. The van der Waals surface area contributed by atoms with Crippen LogP contribution in [0.5, 0.6) is 0 Å². The third-order valence-electron chi connectivity index (χ3n) is 1.68. The van der Waals surface area contributed by atoms with Gasteiger partial charge in [-0.15, -0.1) is 0 Å². The number of hydrogen-bond donors (Lipinski definition) is 1. The molecular weight excluding hydrogens is 261 g/mol. The Morgan fingerprint density at radius 3 is 2.50 bits per heavy atom. The second-order valence-corrected chi connectivity index (χ2v) is 3.64. The fraction of sp³-hybridized carbons (Fsp3) is 0.375. The third-order valence-corrected chi connectivity index (χ3v) is 2.35. The van der Waals surface area contributed by atoms with Gasteiger partial charge in [-0.3, -0.25) is 0 Å². The summed E-state index contributed by atoms with van der Waals surface area (Å²) >= 11 is 3.04. The molecule has 0 bridgehead atoms. The highest BCUT2D eigenvalue weighted by Gasteiger charge is 2.31. The van der Waals surface area contributed by atoms with Gasteiger partial charge in [0.15, 0.2) is 0 Å². The standard InChI is InChI=1S/C8H8BrF3N2/c1-4(13)6-2-5(8(10,11)12)3-14-7(6)9/h2-4H,13H2,1H3/t4-/m1/s1. The molecule has 0 amide bonds. The fourth-order valence-electron chi connectivity index (χ4n) is 0.939. The Bertz CT molecular complexity index is 336. The van der Waals surface area contributed by atoms with Crippen LogP contribution in [0.1, 0.15) is 24.1 Å². The Hall–Kier alpha value is -0.620. The van der Waals surface area contributed by atoms with Crippen LogP contribution in [0.15, 0.2) is 16.9 Å². The summed E-state index contributed by atoms with van der Waals surface area (Å²) in [4.78, 5) is 3.58. The SMILES string of the molecule is C[C@@H](N)c1cc(C(F)(F)F)cnc1Br. The third kappa shape index (κ3) is 2.45. The van der Waals surface area contributed by atoms with Gasteiger partial charge >= 0.3 is 6.18 Å². The molecule has 0 radical (unpaired) electrons. The molecule has 6 heteroatoms. The van der Waals surface area contributed by atoms with E-state index < -0.39 is 17.8 Å². The number of nitrogens with two attached hydrogens (primary N) is 1. The van der Waals surface area contributed by atoms with Gasteiger partial charge in [-0.05, 0) is 28.9 Å². The van der Waals surface area contributed by atoms with Crippen LogP contribution in [0, 0.1) is 0 Å². The number of aromatic nitrogens is 1. The van der Waals surface area contributed by atoms with Gasteiger partial charge in [-0.1, -0.05) is 0 Å². The van der Waals surface area contributed by atoms with Crippen molar-refractivity contribution in [2.45, 2.75) is 19.1 Å². The zero-order chi connectivity index (χ0) is 10.9. The van der Waals surface area contributed by atoms with Gasteiger partial charge in [0.2, 0.25) is 0 Å². The Morgan fingerprint density at radius 2 is 2.07 bits per heavy atom. The van der Waals surface area contributed by atoms with Crippen LogP contribution in [0.25, 0.3) is 0 Å². The zero-order valence-electron chi connectivity index (χ0n) is 7.27. The maximum absolute atomic E-state index is 12.3. The minimum atomic E-state index is -4.38. The van der Waals surface area contributed by atoms with Crippen LogP contribution in [0.3, 0.4) is 0 Å². The van der Waals surface area contributed by atoms with Crippen molar-refractivity contribution in [3.63, 3.8) is 0 Å². The molecule has 14 heavy (non-hydrogen) atoms. The monoisotopic (exact) mass is 268 g/mol. The van der Waals surface area contributed by atoms with E-state index in [1.165, 1.54) is 0 Å². The summed E-state index contributed by atoms with van der Waals surface area (Å²) in [6.45, 7) is 1.60. The summed E-state index contributed by atoms with van der Waals surface area (Å²) in [5.74, 6) is 0. The van der Waals surface area contributed by atoms with Gasteiger partial charge in [0, 0.05) is 17.8 Å². The summed E-state index contributed by atoms with van der Waals surface area (Å²) in [6, 6.07) is 0.515. The molecule has 0 unspecified atom stereocenters. The first kappa shape index (κ1) is 11.5. The lowest BCUT2D eigenvalue weighted by molar-refractivity contribution is -0.137. The van der Waals surface area contributed by atoms with E-state index in [2.05, 4.69) is 20.9 Å². The Balaban J connectivity index is 3.20. The van der Waals surface area contributed by atoms with Gasteiger partial charge in [0.25, 0.3) is 0 Å². The first-order chi connectivity index (χ1) is 6.32. The quantitative estimate of drug-likeness (QED) is 0.796. The van der Waals surface area contributed by atoms with Gasteiger partial charge in [0.05, 0.1) is 5.56 Å². The number of hydrogen-bond acceptors (Lipinski definition) is 2. The molecule has 1 heterocycles. The molecule has 2 nitrogen and oxygen atoms in total. The first-order valence-corrected chi connectivity index (χ1v) is 4.60. The molecule has 0 aliphatic rings. The number of nitrogens with zero attached hydrogens (tertiary/aromatic N) is 1. The number of rotatable bonds is 1. The lowest BCUT2D eigenvalue weighted by Crippen LogP contribution is -2.11. The summed E-state index contributed by atoms with van der Waals surface area (Å²) in [5.41, 5.74) is 5.05. The minimum Gasteiger partial charge on any atom is -0.324 e. The second kappa shape index (κ2) is 3.86. The second-order valence-electron chi connectivity index (χ2n) is 2.89. The molecule has 2 N–H and O–H groups in total. The van der Waals surface area contributed by atoms with E-state index in [0.717, 1.165) is 12.3 Å². The molecule has 0 fully saturated rings. The van der Waals surface area contributed by atoms with Crippen molar-refractivity contribution >= 4 is 15.9 Å². The molecule has 0 spiro atoms. The summed E-state index contributed by atoms with van der Waals surface area (Å²) in [7, 11) is 0. The van der Waals surface area contributed by atoms with Crippen molar-refractivity contribution < 1.29 is 13.2 Å². The highest BCUT2D eigenvalue weighted by molar-refractivity contribution is 9.10. The maximum Gasteiger partial charge on any atom is 0.417 e. The van der Waals surface area contributed by atoms with Crippen LogP contribution in [0.4, 0.5) is 13.2 Å². The van der Waals surface area contributed by atoms with E-state index in [1.54, 1.807) is 6.92 Å². The molecule has 0 saturated carbocycles. The zero-order valence-corrected chi connectivity index (χ0v) is 8.85. The highest BCUT2D eigenvalue weighted by atomic mass is 79.9. The Labute approximate surface area is 87.4 Å². The number of pyridine rings is 1. The normalized spacial score (nSPS) is 14.1. The number of alkyl halides is 3. The smallest absolute Gasteiger partial charge is 0.324 e. The molecule has 1 aromatic rings. The van der Waals surface area contributed by atoms with Gasteiger partial charge in [-0.25, -0.2) is 4.98 Å². The predicted octanol–water partition coefficient (Wildman–Crippen LogP) is 2.88. The Morgan fingerprint density at radius 1 is 1.50 bits per heavy atom. The average molecular weight is 269 g/mol. The van der Waals surface area contributed by atoms with Crippen molar-refractivity contribution in [1.29, 1.82) is 0 Å². The average Bonchev–Trinajstić information content (AvgIpc) is 2.02. The van der Waals surface area contributed by atoms with Crippen molar-refractivity contribution in [2.24, 2.45) is 5.73 Å². The van der Waals surface area contributed by atoms with E-state index in [9.17, 15) is 13.2 Å². The number of halogens is 4. The minimum absolute atomic E-state index is 0.347. The van der Waals surface area contributed by atoms with Crippen LogP contribution in [-0.2, 0) is 6.18 Å². The van der Waals surface area contributed by atoms with Gasteiger partial charge in [0.1, 0.15) is 4.60 Å². The van der Waals surface area contributed by atoms with E-state index in [0.29, 0.717) is 10.2 Å². The van der Waals surface area contributed by atoms with E-state index in [-0.39, 0.29) is 0 Å². The maximum atomic E-state index is 12.3. The summed E-state index contributed by atoms with van der Waals surface area (Å²) in [6.07, 6.45) is -3.60. The molecular formula is C8H8BrF3N2. The van der Waals surface area contributed by atoms with Crippen LogP contribution < -0.4 is 5.73 Å². The molecule has 78 valence electrons.